The number of hydrogen-bond acceptors (Lipinski definition) is 2. The zero-order chi connectivity index (χ0) is 14.1. The largest absolute Gasteiger partial charge is 0.317 e. The first-order valence-corrected chi connectivity index (χ1v) is 7.50. The van der Waals surface area contributed by atoms with E-state index in [1.807, 2.05) is 0 Å². The van der Waals surface area contributed by atoms with Crippen LogP contribution in [0.15, 0.2) is 24.3 Å². The fourth-order valence-corrected chi connectivity index (χ4v) is 3.21. The molecular weight excluding hydrogens is 246 g/mol. The van der Waals surface area contributed by atoms with Crippen LogP contribution in [0.2, 0.25) is 0 Å². The average Bonchev–Trinajstić information content (AvgIpc) is 2.76. The van der Waals surface area contributed by atoms with Crippen LogP contribution in [-0.2, 0) is 0 Å². The summed E-state index contributed by atoms with van der Waals surface area (Å²) in [7, 11) is 0. The molecule has 0 aliphatic carbocycles. The van der Waals surface area contributed by atoms with Gasteiger partial charge in [-0.2, -0.15) is 5.10 Å². The van der Waals surface area contributed by atoms with E-state index in [4.69, 9.17) is 5.10 Å². The first kappa shape index (κ1) is 13.4. The molecule has 1 saturated heterocycles. The quantitative estimate of drug-likeness (QED) is 0.905. The molecule has 0 spiro atoms. The lowest BCUT2D eigenvalue weighted by Gasteiger charge is -2.24. The maximum Gasteiger partial charge on any atom is 0.0675 e. The van der Waals surface area contributed by atoms with Gasteiger partial charge < -0.3 is 5.32 Å². The molecule has 3 nitrogen and oxygen atoms in total. The molecule has 106 valence electrons. The van der Waals surface area contributed by atoms with Crippen molar-refractivity contribution in [1.82, 2.24) is 15.1 Å². The van der Waals surface area contributed by atoms with Gasteiger partial charge in [0, 0.05) is 11.3 Å². The Hall–Kier alpha value is -1.61. The number of rotatable bonds is 2. The number of benzene rings is 1. The zero-order valence-corrected chi connectivity index (χ0v) is 12.6. The topological polar surface area (TPSA) is 29.9 Å². The predicted octanol–water partition coefficient (Wildman–Crippen LogP) is 3.40. The van der Waals surface area contributed by atoms with Crippen LogP contribution in [0.5, 0.6) is 0 Å². The molecular formula is C17H23N3. The number of aryl methyl sites for hydroxylation is 2. The molecule has 0 amide bonds. The summed E-state index contributed by atoms with van der Waals surface area (Å²) in [6, 6.07) is 9.32. The van der Waals surface area contributed by atoms with Gasteiger partial charge in [0.2, 0.25) is 0 Å². The van der Waals surface area contributed by atoms with Gasteiger partial charge in [0.1, 0.15) is 0 Å². The maximum atomic E-state index is 4.82. The van der Waals surface area contributed by atoms with E-state index in [1.165, 1.54) is 35.2 Å². The second kappa shape index (κ2) is 5.41. The lowest BCUT2D eigenvalue weighted by Crippen LogP contribution is -2.30. The van der Waals surface area contributed by atoms with Crippen molar-refractivity contribution in [1.29, 1.82) is 0 Å². The lowest BCUT2D eigenvalue weighted by atomic mass is 10.0. The molecule has 1 N–H and O–H groups in total. The van der Waals surface area contributed by atoms with Crippen LogP contribution in [0.4, 0.5) is 0 Å². The molecule has 1 aliphatic rings. The van der Waals surface area contributed by atoms with Crippen molar-refractivity contribution in [3.63, 3.8) is 0 Å². The molecule has 2 aromatic rings. The minimum atomic E-state index is 0.550. The smallest absolute Gasteiger partial charge is 0.0675 e. The van der Waals surface area contributed by atoms with Crippen LogP contribution >= 0.6 is 0 Å². The molecule has 3 heteroatoms. The van der Waals surface area contributed by atoms with E-state index in [-0.39, 0.29) is 0 Å². The van der Waals surface area contributed by atoms with Crippen LogP contribution in [0.3, 0.4) is 0 Å². The van der Waals surface area contributed by atoms with Gasteiger partial charge in [-0.05, 0) is 52.3 Å². The number of hydrogen-bond donors (Lipinski definition) is 1. The molecule has 20 heavy (non-hydrogen) atoms. The summed E-state index contributed by atoms with van der Waals surface area (Å²) in [4.78, 5) is 0. The molecule has 0 saturated carbocycles. The fourth-order valence-electron chi connectivity index (χ4n) is 3.21. The normalized spacial score (nSPS) is 16.6. The SMILES string of the molecule is Cc1ccc(-c2c(C)nn(C3CCNCC3)c2C)cc1. The number of nitrogens with one attached hydrogen (secondary N) is 1. The van der Waals surface area contributed by atoms with E-state index < -0.39 is 0 Å². The zero-order valence-electron chi connectivity index (χ0n) is 12.6. The highest BCUT2D eigenvalue weighted by atomic mass is 15.3. The highest BCUT2D eigenvalue weighted by Crippen LogP contribution is 2.30. The van der Waals surface area contributed by atoms with Crippen LogP contribution in [0.1, 0.15) is 35.8 Å². The Kier molecular flexibility index (Phi) is 3.62. The van der Waals surface area contributed by atoms with Gasteiger partial charge >= 0.3 is 0 Å². The van der Waals surface area contributed by atoms with Crippen LogP contribution in [-0.4, -0.2) is 22.9 Å². The Morgan fingerprint density at radius 2 is 1.70 bits per heavy atom. The number of aromatic nitrogens is 2. The summed E-state index contributed by atoms with van der Waals surface area (Å²) in [5, 5.41) is 8.24. The van der Waals surface area contributed by atoms with Crippen LogP contribution in [0.25, 0.3) is 11.1 Å². The van der Waals surface area contributed by atoms with Gasteiger partial charge in [-0.15, -0.1) is 0 Å². The monoisotopic (exact) mass is 269 g/mol. The highest BCUT2D eigenvalue weighted by molar-refractivity contribution is 5.68. The molecule has 0 atom stereocenters. The van der Waals surface area contributed by atoms with Gasteiger partial charge in [0.05, 0.1) is 11.7 Å². The Balaban J connectivity index is 1.99. The van der Waals surface area contributed by atoms with E-state index in [0.29, 0.717) is 6.04 Å². The van der Waals surface area contributed by atoms with Crippen molar-refractivity contribution in [2.45, 2.75) is 39.7 Å². The van der Waals surface area contributed by atoms with E-state index in [9.17, 15) is 0 Å². The third-order valence-electron chi connectivity index (χ3n) is 4.32. The van der Waals surface area contributed by atoms with Crippen molar-refractivity contribution in [2.75, 3.05) is 13.1 Å². The third kappa shape index (κ3) is 2.38. The summed E-state index contributed by atoms with van der Waals surface area (Å²) in [6.07, 6.45) is 2.35. The first-order chi connectivity index (χ1) is 9.66. The molecule has 0 unspecified atom stereocenters. The van der Waals surface area contributed by atoms with Crippen molar-refractivity contribution in [2.24, 2.45) is 0 Å². The van der Waals surface area contributed by atoms with Crippen molar-refractivity contribution < 1.29 is 0 Å². The van der Waals surface area contributed by atoms with Gasteiger partial charge in [-0.25, -0.2) is 0 Å². The Bertz CT molecular complexity index is 589. The molecule has 1 aromatic heterocycles. The van der Waals surface area contributed by atoms with Crippen molar-refractivity contribution >= 4 is 0 Å². The summed E-state index contributed by atoms with van der Waals surface area (Å²) in [5.41, 5.74) is 6.34. The van der Waals surface area contributed by atoms with Crippen LogP contribution in [0, 0.1) is 20.8 Å². The second-order valence-electron chi connectivity index (χ2n) is 5.84. The van der Waals surface area contributed by atoms with Crippen LogP contribution < -0.4 is 5.32 Å². The molecule has 1 fully saturated rings. The predicted molar refractivity (Wildman–Crippen MR) is 83.0 cm³/mol. The minimum absolute atomic E-state index is 0.550. The maximum absolute atomic E-state index is 4.82. The van der Waals surface area contributed by atoms with E-state index in [2.05, 4.69) is 55.0 Å². The molecule has 0 bridgehead atoms. The minimum Gasteiger partial charge on any atom is -0.317 e. The Morgan fingerprint density at radius 1 is 1.05 bits per heavy atom. The lowest BCUT2D eigenvalue weighted by molar-refractivity contribution is 0.337. The standard InChI is InChI=1S/C17H23N3/c1-12-4-6-15(7-5-12)17-13(2)19-20(14(17)3)16-8-10-18-11-9-16/h4-7,16,18H,8-11H2,1-3H3. The van der Waals surface area contributed by atoms with Gasteiger partial charge in [-0.1, -0.05) is 29.8 Å². The third-order valence-corrected chi connectivity index (χ3v) is 4.32. The van der Waals surface area contributed by atoms with Gasteiger partial charge in [0.15, 0.2) is 0 Å². The van der Waals surface area contributed by atoms with E-state index >= 15 is 0 Å². The summed E-state index contributed by atoms with van der Waals surface area (Å²) >= 11 is 0. The molecule has 1 aliphatic heterocycles. The Morgan fingerprint density at radius 3 is 2.35 bits per heavy atom. The Labute approximate surface area is 121 Å². The molecule has 1 aromatic carbocycles. The highest BCUT2D eigenvalue weighted by Gasteiger charge is 2.21. The summed E-state index contributed by atoms with van der Waals surface area (Å²) in [5.74, 6) is 0. The van der Waals surface area contributed by atoms with Crippen molar-refractivity contribution in [3.8, 4) is 11.1 Å². The fraction of sp³-hybridized carbons (Fsp3) is 0.471. The summed E-state index contributed by atoms with van der Waals surface area (Å²) < 4.78 is 2.26. The molecule has 0 radical (unpaired) electrons. The first-order valence-electron chi connectivity index (χ1n) is 7.50. The van der Waals surface area contributed by atoms with E-state index in [1.54, 1.807) is 0 Å². The summed E-state index contributed by atoms with van der Waals surface area (Å²) in [6.45, 7) is 8.66. The average molecular weight is 269 g/mol. The molecule has 3 rings (SSSR count). The number of nitrogens with zero attached hydrogens (tertiary/aromatic N) is 2. The van der Waals surface area contributed by atoms with Gasteiger partial charge in [0.25, 0.3) is 0 Å². The molecule has 2 heterocycles. The van der Waals surface area contributed by atoms with Crippen molar-refractivity contribution in [3.05, 3.63) is 41.2 Å². The van der Waals surface area contributed by atoms with E-state index in [0.717, 1.165) is 18.8 Å². The number of piperidine rings is 1. The second-order valence-corrected chi connectivity index (χ2v) is 5.84. The van der Waals surface area contributed by atoms with Gasteiger partial charge in [-0.3, -0.25) is 4.68 Å².